The van der Waals surface area contributed by atoms with Crippen LogP contribution in [0.25, 0.3) is 5.69 Å². The van der Waals surface area contributed by atoms with Crippen LogP contribution in [0, 0.1) is 13.8 Å². The lowest BCUT2D eigenvalue weighted by molar-refractivity contribution is 0.0963. The molecule has 0 aliphatic rings. The van der Waals surface area contributed by atoms with Crippen LogP contribution in [0.15, 0.2) is 18.2 Å². The van der Waals surface area contributed by atoms with E-state index in [9.17, 15) is 4.79 Å². The maximum Gasteiger partial charge on any atom is 0.251 e. The van der Waals surface area contributed by atoms with Gasteiger partial charge in [0.15, 0.2) is 0 Å². The Hall–Kier alpha value is -2.01. The van der Waals surface area contributed by atoms with Crippen LogP contribution in [0.1, 0.15) is 21.7 Å². The molecule has 0 saturated heterocycles. The molecule has 0 saturated carbocycles. The molecule has 3 N–H and O–H groups in total. The topological polar surface area (TPSA) is 72.9 Å². The lowest BCUT2D eigenvalue weighted by atomic mass is 10.1. The largest absolute Gasteiger partial charge is 0.397 e. The van der Waals surface area contributed by atoms with Crippen molar-refractivity contribution in [1.29, 1.82) is 0 Å². The van der Waals surface area contributed by atoms with Crippen LogP contribution in [0.4, 0.5) is 5.69 Å². The molecule has 0 spiro atoms. The molecule has 1 aromatic heterocycles. The number of anilines is 1. The lowest BCUT2D eigenvalue weighted by Crippen LogP contribution is -2.18. The van der Waals surface area contributed by atoms with Gasteiger partial charge in [0.1, 0.15) is 0 Å². The van der Waals surface area contributed by atoms with Crippen molar-refractivity contribution in [2.75, 3.05) is 12.8 Å². The van der Waals surface area contributed by atoms with Gasteiger partial charge in [0.2, 0.25) is 0 Å². The molecule has 0 unspecified atom stereocenters. The molecule has 2 rings (SSSR count). The molecule has 0 aliphatic carbocycles. The van der Waals surface area contributed by atoms with E-state index in [0.29, 0.717) is 22.0 Å². The molecule has 5 nitrogen and oxygen atoms in total. The summed E-state index contributed by atoms with van der Waals surface area (Å²) < 4.78 is 1.65. The number of aromatic nitrogens is 2. The molecule has 1 aromatic carbocycles. The number of nitrogens with one attached hydrogen (secondary N) is 1. The second kappa shape index (κ2) is 4.93. The summed E-state index contributed by atoms with van der Waals surface area (Å²) in [4.78, 5) is 11.7. The molecule has 0 bridgehead atoms. The van der Waals surface area contributed by atoms with Gasteiger partial charge >= 0.3 is 0 Å². The fraction of sp³-hybridized carbons (Fsp3) is 0.231. The van der Waals surface area contributed by atoms with Gasteiger partial charge in [-0.15, -0.1) is 0 Å². The highest BCUT2D eigenvalue weighted by atomic mass is 35.5. The first-order valence-corrected chi connectivity index (χ1v) is 6.17. The number of rotatable bonds is 2. The van der Waals surface area contributed by atoms with Crippen LogP contribution >= 0.6 is 11.6 Å². The number of amides is 1. The summed E-state index contributed by atoms with van der Waals surface area (Å²) in [5.41, 5.74) is 9.18. The van der Waals surface area contributed by atoms with Crippen molar-refractivity contribution in [2.24, 2.45) is 0 Å². The number of aryl methyl sites for hydroxylation is 1. The van der Waals surface area contributed by atoms with Crippen molar-refractivity contribution in [3.05, 3.63) is 40.2 Å². The second-order valence-electron chi connectivity index (χ2n) is 4.25. The number of nitrogens with two attached hydrogens (primary N) is 1. The number of hydrogen-bond acceptors (Lipinski definition) is 3. The van der Waals surface area contributed by atoms with Crippen molar-refractivity contribution < 1.29 is 4.79 Å². The third kappa shape index (κ3) is 2.29. The van der Waals surface area contributed by atoms with Crippen molar-refractivity contribution in [3.63, 3.8) is 0 Å². The van der Waals surface area contributed by atoms with E-state index in [4.69, 9.17) is 17.3 Å². The fourth-order valence-corrected chi connectivity index (χ4v) is 1.99. The molecule has 0 radical (unpaired) electrons. The van der Waals surface area contributed by atoms with E-state index >= 15 is 0 Å². The minimum atomic E-state index is -0.172. The molecule has 2 aromatic rings. The highest BCUT2D eigenvalue weighted by Crippen LogP contribution is 2.26. The molecule has 6 heteroatoms. The monoisotopic (exact) mass is 278 g/mol. The summed E-state index contributed by atoms with van der Waals surface area (Å²) >= 11 is 6.13. The molecular weight excluding hydrogens is 264 g/mol. The Labute approximate surface area is 116 Å². The molecule has 0 aliphatic heterocycles. The minimum Gasteiger partial charge on any atom is -0.397 e. The summed E-state index contributed by atoms with van der Waals surface area (Å²) in [5, 5.41) is 7.52. The van der Waals surface area contributed by atoms with E-state index in [2.05, 4.69) is 10.4 Å². The standard InChI is InChI=1S/C13H15ClN4O/c1-7-12(14)8(2)18(17-7)11-6-9(13(19)16-3)4-5-10(11)15/h4-6H,15H2,1-3H3,(H,16,19). The molecule has 0 fully saturated rings. The number of halogens is 1. The van der Waals surface area contributed by atoms with Gasteiger partial charge in [-0.05, 0) is 32.0 Å². The van der Waals surface area contributed by atoms with Crippen LogP contribution in [-0.4, -0.2) is 22.7 Å². The van der Waals surface area contributed by atoms with E-state index in [1.807, 2.05) is 13.8 Å². The Morgan fingerprint density at radius 3 is 2.63 bits per heavy atom. The van der Waals surface area contributed by atoms with E-state index in [1.54, 1.807) is 29.9 Å². The average Bonchev–Trinajstić information content (AvgIpc) is 2.66. The summed E-state index contributed by atoms with van der Waals surface area (Å²) in [7, 11) is 1.58. The summed E-state index contributed by atoms with van der Waals surface area (Å²) in [5.74, 6) is -0.172. The predicted molar refractivity (Wildman–Crippen MR) is 75.9 cm³/mol. The quantitative estimate of drug-likeness (QED) is 0.826. The van der Waals surface area contributed by atoms with Gasteiger partial charge in [-0.3, -0.25) is 4.79 Å². The Morgan fingerprint density at radius 2 is 2.11 bits per heavy atom. The molecule has 0 atom stereocenters. The van der Waals surface area contributed by atoms with Gasteiger partial charge in [-0.25, -0.2) is 4.68 Å². The van der Waals surface area contributed by atoms with Gasteiger partial charge in [-0.1, -0.05) is 11.6 Å². The number of benzene rings is 1. The van der Waals surface area contributed by atoms with Crippen LogP contribution in [0.2, 0.25) is 5.02 Å². The van der Waals surface area contributed by atoms with Gasteiger partial charge in [0.25, 0.3) is 5.91 Å². The fourth-order valence-electron chi connectivity index (χ4n) is 1.87. The van der Waals surface area contributed by atoms with Crippen LogP contribution in [-0.2, 0) is 0 Å². The van der Waals surface area contributed by atoms with Crippen molar-refractivity contribution in [1.82, 2.24) is 15.1 Å². The van der Waals surface area contributed by atoms with E-state index < -0.39 is 0 Å². The normalized spacial score (nSPS) is 10.5. The van der Waals surface area contributed by atoms with Gasteiger partial charge in [0, 0.05) is 12.6 Å². The Balaban J connectivity index is 2.61. The average molecular weight is 279 g/mol. The number of carbonyl (C=O) groups excluding carboxylic acids is 1. The third-order valence-electron chi connectivity index (χ3n) is 2.95. The van der Waals surface area contributed by atoms with Crippen molar-refractivity contribution >= 4 is 23.2 Å². The first-order valence-electron chi connectivity index (χ1n) is 5.79. The third-order valence-corrected chi connectivity index (χ3v) is 3.50. The van der Waals surface area contributed by atoms with E-state index in [0.717, 1.165) is 11.4 Å². The van der Waals surface area contributed by atoms with Crippen LogP contribution in [0.5, 0.6) is 0 Å². The number of hydrogen-bond donors (Lipinski definition) is 2. The first-order chi connectivity index (χ1) is 8.95. The first kappa shape index (κ1) is 13.4. The highest BCUT2D eigenvalue weighted by Gasteiger charge is 2.14. The molecule has 1 amide bonds. The maximum atomic E-state index is 11.7. The smallest absolute Gasteiger partial charge is 0.251 e. The zero-order valence-corrected chi connectivity index (χ0v) is 11.7. The molecular formula is C13H15ClN4O. The zero-order valence-electron chi connectivity index (χ0n) is 11.0. The van der Waals surface area contributed by atoms with Gasteiger partial charge in [-0.2, -0.15) is 5.10 Å². The van der Waals surface area contributed by atoms with Gasteiger partial charge in [0.05, 0.1) is 27.8 Å². The van der Waals surface area contributed by atoms with Crippen LogP contribution in [0.3, 0.4) is 0 Å². The Bertz CT molecular complexity index is 648. The molecule has 19 heavy (non-hydrogen) atoms. The van der Waals surface area contributed by atoms with E-state index in [-0.39, 0.29) is 5.91 Å². The lowest BCUT2D eigenvalue weighted by Gasteiger charge is -2.10. The maximum absolute atomic E-state index is 11.7. The number of nitrogens with zero attached hydrogens (tertiary/aromatic N) is 2. The highest BCUT2D eigenvalue weighted by molar-refractivity contribution is 6.31. The summed E-state index contributed by atoms with van der Waals surface area (Å²) in [6.07, 6.45) is 0. The molecule has 1 heterocycles. The summed E-state index contributed by atoms with van der Waals surface area (Å²) in [6, 6.07) is 5.05. The predicted octanol–water partition coefficient (Wildman–Crippen LogP) is 2.08. The van der Waals surface area contributed by atoms with Gasteiger partial charge < -0.3 is 11.1 Å². The minimum absolute atomic E-state index is 0.172. The number of carbonyl (C=O) groups is 1. The second-order valence-corrected chi connectivity index (χ2v) is 4.63. The van der Waals surface area contributed by atoms with Crippen LogP contribution < -0.4 is 11.1 Å². The Kier molecular flexibility index (Phi) is 3.48. The number of nitrogen functional groups attached to an aromatic ring is 1. The Morgan fingerprint density at radius 1 is 1.42 bits per heavy atom. The van der Waals surface area contributed by atoms with Crippen molar-refractivity contribution in [2.45, 2.75) is 13.8 Å². The molecule has 100 valence electrons. The summed E-state index contributed by atoms with van der Waals surface area (Å²) in [6.45, 7) is 3.68. The zero-order chi connectivity index (χ0) is 14.2. The SMILES string of the molecule is CNC(=O)c1ccc(N)c(-n2nc(C)c(Cl)c2C)c1. The van der Waals surface area contributed by atoms with Crippen molar-refractivity contribution in [3.8, 4) is 5.69 Å². The van der Waals surface area contributed by atoms with E-state index in [1.165, 1.54) is 0 Å².